The molecule has 1 aliphatic rings. The van der Waals surface area contributed by atoms with E-state index >= 15 is 0 Å². The van der Waals surface area contributed by atoms with Gasteiger partial charge in [0, 0.05) is 6.54 Å². The zero-order chi connectivity index (χ0) is 11.3. The molecule has 1 unspecified atom stereocenters. The highest BCUT2D eigenvalue weighted by Crippen LogP contribution is 2.14. The van der Waals surface area contributed by atoms with Gasteiger partial charge in [-0.25, -0.2) is 0 Å². The maximum Gasteiger partial charge on any atom is 0.237 e. The summed E-state index contributed by atoms with van der Waals surface area (Å²) in [5.41, 5.74) is 0. The molecule has 1 saturated heterocycles. The summed E-state index contributed by atoms with van der Waals surface area (Å²) in [7, 11) is 2.05. The van der Waals surface area contributed by atoms with Crippen LogP contribution in [0.1, 0.15) is 39.5 Å². The molecule has 0 saturated carbocycles. The Hall–Kier alpha value is -0.570. The molecule has 0 aromatic rings. The lowest BCUT2D eigenvalue weighted by Gasteiger charge is -2.31. The summed E-state index contributed by atoms with van der Waals surface area (Å²) in [6.07, 6.45) is 4.51. The summed E-state index contributed by atoms with van der Waals surface area (Å²) in [4.78, 5) is 14.0. The van der Waals surface area contributed by atoms with Crippen molar-refractivity contribution < 1.29 is 4.79 Å². The van der Waals surface area contributed by atoms with E-state index in [2.05, 4.69) is 24.1 Å². The van der Waals surface area contributed by atoms with E-state index in [0.717, 1.165) is 25.9 Å². The van der Waals surface area contributed by atoms with Crippen LogP contribution in [-0.2, 0) is 4.79 Å². The van der Waals surface area contributed by atoms with Crippen LogP contribution in [0, 0.1) is 5.92 Å². The van der Waals surface area contributed by atoms with Crippen LogP contribution in [0.3, 0.4) is 0 Å². The number of carbonyl (C=O) groups excluding carboxylic acids is 1. The average Bonchev–Trinajstić information content (AvgIpc) is 2.17. The quantitative estimate of drug-likeness (QED) is 0.768. The van der Waals surface area contributed by atoms with Crippen molar-refractivity contribution in [2.45, 2.75) is 45.6 Å². The summed E-state index contributed by atoms with van der Waals surface area (Å²) in [5.74, 6) is 0.882. The molecule has 1 fully saturated rings. The molecule has 1 heterocycles. The second-order valence-electron chi connectivity index (χ2n) is 4.97. The molecule has 0 aromatic heterocycles. The van der Waals surface area contributed by atoms with E-state index in [4.69, 9.17) is 0 Å². The molecule has 15 heavy (non-hydrogen) atoms. The van der Waals surface area contributed by atoms with Gasteiger partial charge in [-0.1, -0.05) is 20.3 Å². The Morgan fingerprint density at radius 2 is 2.20 bits per heavy atom. The first-order valence-electron chi connectivity index (χ1n) is 6.09. The van der Waals surface area contributed by atoms with E-state index < -0.39 is 0 Å². The van der Waals surface area contributed by atoms with Crippen LogP contribution >= 0.6 is 0 Å². The first-order valence-corrected chi connectivity index (χ1v) is 6.09. The first kappa shape index (κ1) is 12.5. The molecular formula is C12H24N2O. The fraction of sp³-hybridized carbons (Fsp3) is 0.917. The van der Waals surface area contributed by atoms with E-state index in [9.17, 15) is 4.79 Å². The Morgan fingerprint density at radius 3 is 2.80 bits per heavy atom. The number of amides is 1. The molecule has 0 spiro atoms. The van der Waals surface area contributed by atoms with Crippen molar-refractivity contribution in [1.82, 2.24) is 10.2 Å². The zero-order valence-electron chi connectivity index (χ0n) is 10.3. The van der Waals surface area contributed by atoms with Gasteiger partial charge >= 0.3 is 0 Å². The topological polar surface area (TPSA) is 32.3 Å². The molecule has 1 atom stereocenters. The van der Waals surface area contributed by atoms with Gasteiger partial charge in [-0.05, 0) is 38.8 Å². The highest BCUT2D eigenvalue weighted by molar-refractivity contribution is 5.81. The maximum absolute atomic E-state index is 11.8. The first-order chi connectivity index (χ1) is 7.11. The maximum atomic E-state index is 11.8. The van der Waals surface area contributed by atoms with Crippen molar-refractivity contribution in [2.75, 3.05) is 20.1 Å². The Morgan fingerprint density at radius 1 is 1.47 bits per heavy atom. The molecule has 0 radical (unpaired) electrons. The minimum absolute atomic E-state index is 0.117. The SMILES string of the molecule is CC(C)CCNC(=O)C1CCCCN1C. The van der Waals surface area contributed by atoms with Gasteiger partial charge < -0.3 is 5.32 Å². The molecule has 3 nitrogen and oxygen atoms in total. The van der Waals surface area contributed by atoms with Gasteiger partial charge in [0.2, 0.25) is 5.91 Å². The number of carbonyl (C=O) groups is 1. The number of hydrogen-bond acceptors (Lipinski definition) is 2. The van der Waals surface area contributed by atoms with Gasteiger partial charge in [-0.3, -0.25) is 9.69 Å². The predicted molar refractivity (Wildman–Crippen MR) is 62.7 cm³/mol. The lowest BCUT2D eigenvalue weighted by Crippen LogP contribution is -2.47. The molecule has 0 bridgehead atoms. The lowest BCUT2D eigenvalue weighted by atomic mass is 10.0. The summed E-state index contributed by atoms with van der Waals surface area (Å²) in [5, 5.41) is 3.03. The number of likely N-dealkylation sites (N-methyl/N-ethyl adjacent to an activating group) is 1. The van der Waals surface area contributed by atoms with E-state index in [-0.39, 0.29) is 11.9 Å². The van der Waals surface area contributed by atoms with Crippen molar-refractivity contribution in [3.8, 4) is 0 Å². The van der Waals surface area contributed by atoms with Gasteiger partial charge in [0.05, 0.1) is 6.04 Å². The predicted octanol–water partition coefficient (Wildman–Crippen LogP) is 1.63. The van der Waals surface area contributed by atoms with Gasteiger partial charge in [0.25, 0.3) is 0 Å². The Bertz CT molecular complexity index is 204. The van der Waals surface area contributed by atoms with E-state index in [1.807, 2.05) is 7.05 Å². The van der Waals surface area contributed by atoms with E-state index in [0.29, 0.717) is 5.92 Å². The molecule has 0 aliphatic carbocycles. The van der Waals surface area contributed by atoms with Crippen LogP contribution in [0.25, 0.3) is 0 Å². The standard InChI is InChI=1S/C12H24N2O/c1-10(2)7-8-13-12(15)11-6-4-5-9-14(11)3/h10-11H,4-9H2,1-3H3,(H,13,15). The van der Waals surface area contributed by atoms with Crippen molar-refractivity contribution in [2.24, 2.45) is 5.92 Å². The smallest absolute Gasteiger partial charge is 0.237 e. The largest absolute Gasteiger partial charge is 0.355 e. The summed E-state index contributed by atoms with van der Waals surface area (Å²) in [6.45, 7) is 6.24. The molecular weight excluding hydrogens is 188 g/mol. The van der Waals surface area contributed by atoms with Crippen LogP contribution < -0.4 is 5.32 Å². The highest BCUT2D eigenvalue weighted by atomic mass is 16.2. The molecule has 1 aliphatic heterocycles. The van der Waals surface area contributed by atoms with Crippen LogP contribution in [0.15, 0.2) is 0 Å². The molecule has 0 aromatic carbocycles. The lowest BCUT2D eigenvalue weighted by molar-refractivity contribution is -0.127. The number of nitrogens with zero attached hydrogens (tertiary/aromatic N) is 1. The minimum Gasteiger partial charge on any atom is -0.355 e. The minimum atomic E-state index is 0.117. The fourth-order valence-electron chi connectivity index (χ4n) is 2.01. The third-order valence-corrected chi connectivity index (χ3v) is 3.09. The summed E-state index contributed by atoms with van der Waals surface area (Å²) in [6, 6.07) is 0.117. The van der Waals surface area contributed by atoms with Crippen LogP contribution in [0.2, 0.25) is 0 Å². The number of nitrogens with one attached hydrogen (secondary N) is 1. The molecule has 3 heteroatoms. The van der Waals surface area contributed by atoms with E-state index in [1.54, 1.807) is 0 Å². The monoisotopic (exact) mass is 212 g/mol. The van der Waals surface area contributed by atoms with Gasteiger partial charge in [-0.15, -0.1) is 0 Å². The summed E-state index contributed by atoms with van der Waals surface area (Å²) >= 11 is 0. The van der Waals surface area contributed by atoms with Crippen molar-refractivity contribution in [3.63, 3.8) is 0 Å². The highest BCUT2D eigenvalue weighted by Gasteiger charge is 2.25. The van der Waals surface area contributed by atoms with E-state index in [1.165, 1.54) is 12.8 Å². The normalized spacial score (nSPS) is 23.1. The Labute approximate surface area is 93.2 Å². The molecule has 1 N–H and O–H groups in total. The van der Waals surface area contributed by atoms with Crippen molar-refractivity contribution >= 4 is 5.91 Å². The molecule has 88 valence electrons. The zero-order valence-corrected chi connectivity index (χ0v) is 10.3. The van der Waals surface area contributed by atoms with Crippen LogP contribution in [0.5, 0.6) is 0 Å². The Balaban J connectivity index is 2.26. The number of rotatable bonds is 4. The second kappa shape index (κ2) is 6.11. The molecule has 1 amide bonds. The second-order valence-corrected chi connectivity index (χ2v) is 4.97. The fourth-order valence-corrected chi connectivity index (χ4v) is 2.01. The van der Waals surface area contributed by atoms with Crippen molar-refractivity contribution in [3.05, 3.63) is 0 Å². The van der Waals surface area contributed by atoms with Crippen LogP contribution in [-0.4, -0.2) is 37.0 Å². The molecule has 1 rings (SSSR count). The number of piperidine rings is 1. The van der Waals surface area contributed by atoms with Crippen LogP contribution in [0.4, 0.5) is 0 Å². The summed E-state index contributed by atoms with van der Waals surface area (Å²) < 4.78 is 0. The third-order valence-electron chi connectivity index (χ3n) is 3.09. The number of hydrogen-bond donors (Lipinski definition) is 1. The number of likely N-dealkylation sites (tertiary alicyclic amines) is 1. The Kier molecular flexibility index (Phi) is 5.09. The van der Waals surface area contributed by atoms with Gasteiger partial charge in [0.1, 0.15) is 0 Å². The average molecular weight is 212 g/mol. The van der Waals surface area contributed by atoms with Gasteiger partial charge in [-0.2, -0.15) is 0 Å². The van der Waals surface area contributed by atoms with Crippen molar-refractivity contribution in [1.29, 1.82) is 0 Å². The van der Waals surface area contributed by atoms with Gasteiger partial charge in [0.15, 0.2) is 0 Å². The third kappa shape index (κ3) is 4.20.